The first-order valence-corrected chi connectivity index (χ1v) is 8.56. The number of rotatable bonds is 5. The molecule has 0 aliphatic rings. The summed E-state index contributed by atoms with van der Waals surface area (Å²) in [5.74, 6) is -0.166. The van der Waals surface area contributed by atoms with E-state index in [0.29, 0.717) is 5.56 Å². The molecule has 0 spiro atoms. The zero-order valence-corrected chi connectivity index (χ0v) is 14.2. The molecule has 0 aromatic heterocycles. The van der Waals surface area contributed by atoms with Gasteiger partial charge in [0.15, 0.2) is 5.78 Å². The summed E-state index contributed by atoms with van der Waals surface area (Å²) < 4.78 is 25.1. The molecule has 0 heterocycles. The molecule has 0 fully saturated rings. The Morgan fingerprint density at radius 1 is 1.04 bits per heavy atom. The van der Waals surface area contributed by atoms with Crippen molar-refractivity contribution in [2.45, 2.75) is 11.8 Å². The first-order valence-electron chi connectivity index (χ1n) is 7.12. The molecule has 0 unspecified atom stereocenters. The highest BCUT2D eigenvalue weighted by Crippen LogP contribution is 2.15. The van der Waals surface area contributed by atoms with E-state index in [1.54, 1.807) is 6.08 Å². The fraction of sp³-hybridized carbons (Fsp3) is 0.167. The van der Waals surface area contributed by atoms with Crippen LogP contribution in [0.2, 0.25) is 0 Å². The van der Waals surface area contributed by atoms with Gasteiger partial charge in [0.25, 0.3) is 0 Å². The lowest BCUT2D eigenvalue weighted by atomic mass is 10.1. The van der Waals surface area contributed by atoms with Crippen LogP contribution in [0.25, 0.3) is 6.08 Å². The van der Waals surface area contributed by atoms with Crippen molar-refractivity contribution in [3.05, 3.63) is 71.3 Å². The molecule has 4 nitrogen and oxygen atoms in total. The van der Waals surface area contributed by atoms with Crippen molar-refractivity contribution in [1.82, 2.24) is 4.31 Å². The zero-order chi connectivity index (χ0) is 17.0. The number of benzene rings is 2. The summed E-state index contributed by atoms with van der Waals surface area (Å²) in [4.78, 5) is 12.3. The number of hydrogen-bond donors (Lipinski definition) is 0. The van der Waals surface area contributed by atoms with Crippen molar-refractivity contribution in [3.63, 3.8) is 0 Å². The third-order valence-electron chi connectivity index (χ3n) is 3.39. The molecule has 0 saturated heterocycles. The molecule has 0 atom stereocenters. The predicted octanol–water partition coefficient (Wildman–Crippen LogP) is 3.14. The van der Waals surface area contributed by atoms with E-state index >= 15 is 0 Å². The van der Waals surface area contributed by atoms with Gasteiger partial charge in [-0.1, -0.05) is 35.9 Å². The fourth-order valence-corrected chi connectivity index (χ4v) is 2.95. The fourth-order valence-electron chi connectivity index (χ4n) is 2.04. The van der Waals surface area contributed by atoms with Crippen LogP contribution in [0.1, 0.15) is 21.5 Å². The van der Waals surface area contributed by atoms with Gasteiger partial charge in [0, 0.05) is 19.7 Å². The van der Waals surface area contributed by atoms with Crippen molar-refractivity contribution in [2.24, 2.45) is 0 Å². The van der Waals surface area contributed by atoms with Gasteiger partial charge >= 0.3 is 0 Å². The number of aryl methyl sites for hydroxylation is 1. The van der Waals surface area contributed by atoms with Gasteiger partial charge in [0.05, 0.1) is 4.90 Å². The van der Waals surface area contributed by atoms with Crippen LogP contribution in [0.5, 0.6) is 0 Å². The first kappa shape index (κ1) is 17.1. The average molecular weight is 329 g/mol. The Kier molecular flexibility index (Phi) is 5.13. The molecule has 0 aliphatic carbocycles. The minimum Gasteiger partial charge on any atom is -0.289 e. The second-order valence-electron chi connectivity index (χ2n) is 5.42. The van der Waals surface area contributed by atoms with Gasteiger partial charge < -0.3 is 0 Å². The van der Waals surface area contributed by atoms with Crippen LogP contribution < -0.4 is 0 Å². The summed E-state index contributed by atoms with van der Waals surface area (Å²) in [7, 11) is -0.533. The second-order valence-corrected chi connectivity index (χ2v) is 7.58. The van der Waals surface area contributed by atoms with Crippen LogP contribution >= 0.6 is 0 Å². The maximum absolute atomic E-state index is 12.2. The van der Waals surface area contributed by atoms with Gasteiger partial charge in [-0.05, 0) is 42.8 Å². The third-order valence-corrected chi connectivity index (χ3v) is 5.22. The van der Waals surface area contributed by atoms with Crippen LogP contribution in [-0.4, -0.2) is 32.6 Å². The summed E-state index contributed by atoms with van der Waals surface area (Å²) in [5, 5.41) is 0. The van der Waals surface area contributed by atoms with E-state index in [-0.39, 0.29) is 10.7 Å². The highest BCUT2D eigenvalue weighted by atomic mass is 32.2. The Morgan fingerprint density at radius 3 is 2.26 bits per heavy atom. The summed E-state index contributed by atoms with van der Waals surface area (Å²) in [6.45, 7) is 1.99. The molecule has 0 bridgehead atoms. The van der Waals surface area contributed by atoms with Crippen LogP contribution in [0.15, 0.2) is 59.5 Å². The lowest BCUT2D eigenvalue weighted by molar-refractivity contribution is 0.104. The van der Waals surface area contributed by atoms with E-state index in [1.165, 1.54) is 44.4 Å². The molecule has 0 saturated carbocycles. The lowest BCUT2D eigenvalue weighted by Gasteiger charge is -2.11. The number of carbonyl (C=O) groups excluding carboxylic acids is 1. The Hall–Kier alpha value is -2.24. The largest absolute Gasteiger partial charge is 0.289 e. The van der Waals surface area contributed by atoms with Crippen molar-refractivity contribution in [3.8, 4) is 0 Å². The minimum atomic E-state index is -3.48. The Bertz CT molecular complexity index is 835. The van der Waals surface area contributed by atoms with E-state index < -0.39 is 10.0 Å². The molecule has 5 heteroatoms. The van der Waals surface area contributed by atoms with E-state index in [0.717, 1.165) is 15.4 Å². The average Bonchev–Trinajstić information content (AvgIpc) is 2.52. The van der Waals surface area contributed by atoms with Crippen molar-refractivity contribution >= 4 is 21.9 Å². The summed E-state index contributed by atoms with van der Waals surface area (Å²) >= 11 is 0. The number of allylic oxidation sites excluding steroid dienone is 1. The van der Waals surface area contributed by atoms with Gasteiger partial charge in [-0.15, -0.1) is 0 Å². The predicted molar refractivity (Wildman–Crippen MR) is 91.9 cm³/mol. The molecule has 0 aliphatic heterocycles. The summed E-state index contributed by atoms with van der Waals surface area (Å²) in [6.07, 6.45) is 3.24. The van der Waals surface area contributed by atoms with Gasteiger partial charge in [0.2, 0.25) is 10.0 Å². The molecule has 0 amide bonds. The number of ketones is 1. The van der Waals surface area contributed by atoms with Crippen LogP contribution in [0.4, 0.5) is 0 Å². The lowest BCUT2D eigenvalue weighted by Crippen LogP contribution is -2.22. The molecule has 0 radical (unpaired) electrons. The molecule has 120 valence electrons. The van der Waals surface area contributed by atoms with E-state index in [9.17, 15) is 13.2 Å². The van der Waals surface area contributed by atoms with E-state index in [2.05, 4.69) is 0 Å². The Morgan fingerprint density at radius 2 is 1.70 bits per heavy atom. The Labute approximate surface area is 137 Å². The van der Waals surface area contributed by atoms with Crippen molar-refractivity contribution < 1.29 is 13.2 Å². The smallest absolute Gasteiger partial charge is 0.242 e. The molecular weight excluding hydrogens is 310 g/mol. The Balaban J connectivity index is 2.18. The second kappa shape index (κ2) is 6.89. The van der Waals surface area contributed by atoms with Gasteiger partial charge in [-0.3, -0.25) is 4.79 Å². The molecule has 2 aromatic rings. The molecule has 23 heavy (non-hydrogen) atoms. The first-order chi connectivity index (χ1) is 10.8. The summed E-state index contributed by atoms with van der Waals surface area (Å²) in [6, 6.07) is 13.8. The minimum absolute atomic E-state index is 0.166. The topological polar surface area (TPSA) is 54.5 Å². The van der Waals surface area contributed by atoms with Gasteiger partial charge in [0.1, 0.15) is 0 Å². The highest BCUT2D eigenvalue weighted by molar-refractivity contribution is 7.89. The number of sulfonamides is 1. The van der Waals surface area contributed by atoms with Crippen LogP contribution in [-0.2, 0) is 10.0 Å². The molecular formula is C18H19NO3S. The maximum Gasteiger partial charge on any atom is 0.242 e. The van der Waals surface area contributed by atoms with Crippen LogP contribution in [0, 0.1) is 6.92 Å². The van der Waals surface area contributed by atoms with Crippen LogP contribution in [0.3, 0.4) is 0 Å². The number of nitrogens with zero attached hydrogens (tertiary/aromatic N) is 1. The molecule has 2 aromatic carbocycles. The van der Waals surface area contributed by atoms with E-state index in [4.69, 9.17) is 0 Å². The molecule has 0 N–H and O–H groups in total. The standard InChI is InChI=1S/C18H19NO3S/c1-14-5-4-6-15(13-14)7-12-18(20)16-8-10-17(11-9-16)23(21,22)19(2)3/h4-13H,1-3H3/b12-7+. The number of carbonyl (C=O) groups is 1. The van der Waals surface area contributed by atoms with Gasteiger partial charge in [-0.25, -0.2) is 12.7 Å². The van der Waals surface area contributed by atoms with E-state index in [1.807, 2.05) is 31.2 Å². The molecule has 2 rings (SSSR count). The highest BCUT2D eigenvalue weighted by Gasteiger charge is 2.17. The summed E-state index contributed by atoms with van der Waals surface area (Å²) in [5.41, 5.74) is 2.52. The monoisotopic (exact) mass is 329 g/mol. The normalized spacial score (nSPS) is 12.0. The quantitative estimate of drug-likeness (QED) is 0.625. The SMILES string of the molecule is Cc1cccc(/C=C/C(=O)c2ccc(S(=O)(=O)N(C)C)cc2)c1. The zero-order valence-electron chi connectivity index (χ0n) is 13.4. The third kappa shape index (κ3) is 4.15. The van der Waals surface area contributed by atoms with Gasteiger partial charge in [-0.2, -0.15) is 0 Å². The van der Waals surface area contributed by atoms with Crippen molar-refractivity contribution in [2.75, 3.05) is 14.1 Å². The number of hydrogen-bond acceptors (Lipinski definition) is 3. The maximum atomic E-state index is 12.2. The van der Waals surface area contributed by atoms with Crippen molar-refractivity contribution in [1.29, 1.82) is 0 Å².